The molecule has 7 aromatic carbocycles. The Morgan fingerprint density at radius 2 is 0.982 bits per heavy atom. The minimum atomic E-state index is -0.107. The first-order valence-electron chi connectivity index (χ1n) is 19.0. The standard InChI is InChI=1S/C51H34N4S/c1-51(2)40-16-8-6-14-36(40)37-26-24-34(29-41(37)51)45-30-44(54-50(55-45)33-12-4-3-5-13-33)31-20-22-32(23-21-31)48-49(53-43-18-10-9-17-42(43)52-48)35-25-27-47-39(28-35)38-15-7-11-19-46(38)56-47/h3-30H,1-2H3. The van der Waals surface area contributed by atoms with Gasteiger partial charge in [-0.1, -0.05) is 141 Å². The van der Waals surface area contributed by atoms with Crippen LogP contribution in [0.2, 0.25) is 0 Å². The average molecular weight is 735 g/mol. The van der Waals surface area contributed by atoms with Crippen LogP contribution in [0.1, 0.15) is 25.0 Å². The smallest absolute Gasteiger partial charge is 0.160 e. The Hall–Kier alpha value is -6.82. The monoisotopic (exact) mass is 734 g/mol. The van der Waals surface area contributed by atoms with Crippen LogP contribution in [0.15, 0.2) is 170 Å². The van der Waals surface area contributed by atoms with E-state index < -0.39 is 0 Å². The van der Waals surface area contributed by atoms with Crippen LogP contribution in [-0.2, 0) is 5.41 Å². The molecule has 264 valence electrons. The number of hydrogen-bond acceptors (Lipinski definition) is 5. The molecule has 0 radical (unpaired) electrons. The van der Waals surface area contributed by atoms with Crippen LogP contribution < -0.4 is 0 Å². The summed E-state index contributed by atoms with van der Waals surface area (Å²) in [6.07, 6.45) is 0. The first-order valence-corrected chi connectivity index (χ1v) is 19.8. The first-order chi connectivity index (χ1) is 27.5. The molecule has 0 unspecified atom stereocenters. The number of fused-ring (bicyclic) bond motifs is 7. The third-order valence-corrected chi connectivity index (χ3v) is 12.5. The molecular weight excluding hydrogens is 701 g/mol. The number of nitrogens with zero attached hydrogens (tertiary/aromatic N) is 4. The zero-order valence-electron chi connectivity index (χ0n) is 30.9. The molecule has 0 N–H and O–H groups in total. The highest BCUT2D eigenvalue weighted by molar-refractivity contribution is 7.25. The van der Waals surface area contributed by atoms with E-state index in [4.69, 9.17) is 19.9 Å². The van der Waals surface area contributed by atoms with Gasteiger partial charge in [0.25, 0.3) is 0 Å². The molecule has 5 heteroatoms. The fourth-order valence-corrected chi connectivity index (χ4v) is 9.48. The predicted octanol–water partition coefficient (Wildman–Crippen LogP) is 13.4. The summed E-state index contributed by atoms with van der Waals surface area (Å²) in [7, 11) is 0. The highest BCUT2D eigenvalue weighted by atomic mass is 32.1. The van der Waals surface area contributed by atoms with Gasteiger partial charge in [-0.2, -0.15) is 0 Å². The Labute approximate surface area is 328 Å². The van der Waals surface area contributed by atoms with Crippen LogP contribution in [0.25, 0.3) is 98.7 Å². The number of rotatable bonds is 5. The minimum absolute atomic E-state index is 0.107. The third-order valence-electron chi connectivity index (χ3n) is 11.3. The molecule has 3 aromatic heterocycles. The summed E-state index contributed by atoms with van der Waals surface area (Å²) in [5.41, 5.74) is 15.5. The van der Waals surface area contributed by atoms with E-state index in [1.165, 1.54) is 42.4 Å². The van der Waals surface area contributed by atoms with Gasteiger partial charge in [-0.15, -0.1) is 11.3 Å². The van der Waals surface area contributed by atoms with Crippen LogP contribution >= 0.6 is 11.3 Å². The van der Waals surface area contributed by atoms with Gasteiger partial charge >= 0.3 is 0 Å². The summed E-state index contributed by atoms with van der Waals surface area (Å²) < 4.78 is 2.55. The van der Waals surface area contributed by atoms with E-state index in [-0.39, 0.29) is 5.41 Å². The average Bonchev–Trinajstić information content (AvgIpc) is 3.74. The van der Waals surface area contributed by atoms with E-state index in [0.29, 0.717) is 5.82 Å². The third kappa shape index (κ3) is 5.27. The molecule has 0 saturated carbocycles. The summed E-state index contributed by atoms with van der Waals surface area (Å²) in [6.45, 7) is 4.63. The lowest BCUT2D eigenvalue weighted by molar-refractivity contribution is 0.660. The van der Waals surface area contributed by atoms with Crippen molar-refractivity contribution in [1.29, 1.82) is 0 Å². The van der Waals surface area contributed by atoms with Crippen molar-refractivity contribution in [3.8, 4) is 67.5 Å². The summed E-state index contributed by atoms with van der Waals surface area (Å²) in [5.74, 6) is 0.698. The van der Waals surface area contributed by atoms with E-state index in [1.54, 1.807) is 0 Å². The topological polar surface area (TPSA) is 51.6 Å². The number of para-hydroxylation sites is 2. The van der Waals surface area contributed by atoms with Gasteiger partial charge in [0, 0.05) is 53.4 Å². The summed E-state index contributed by atoms with van der Waals surface area (Å²) in [6, 6.07) is 59.9. The van der Waals surface area contributed by atoms with Gasteiger partial charge in [0.15, 0.2) is 5.82 Å². The number of benzene rings is 7. The van der Waals surface area contributed by atoms with Gasteiger partial charge in [0.2, 0.25) is 0 Å². The molecule has 3 heterocycles. The van der Waals surface area contributed by atoms with Crippen LogP contribution in [0.5, 0.6) is 0 Å². The van der Waals surface area contributed by atoms with Crippen molar-refractivity contribution in [2.75, 3.05) is 0 Å². The van der Waals surface area contributed by atoms with E-state index in [1.807, 2.05) is 53.8 Å². The van der Waals surface area contributed by atoms with Crippen molar-refractivity contribution in [3.63, 3.8) is 0 Å². The van der Waals surface area contributed by atoms with Gasteiger partial charge in [-0.25, -0.2) is 19.9 Å². The fourth-order valence-electron chi connectivity index (χ4n) is 8.40. The van der Waals surface area contributed by atoms with Crippen molar-refractivity contribution in [2.24, 2.45) is 0 Å². The predicted molar refractivity (Wildman–Crippen MR) is 233 cm³/mol. The number of thiophene rings is 1. The maximum atomic E-state index is 5.23. The fraction of sp³-hybridized carbons (Fsp3) is 0.0588. The maximum Gasteiger partial charge on any atom is 0.160 e. The molecular formula is C51H34N4S. The highest BCUT2D eigenvalue weighted by Crippen LogP contribution is 2.49. The zero-order valence-corrected chi connectivity index (χ0v) is 31.7. The van der Waals surface area contributed by atoms with Gasteiger partial charge in [0.05, 0.1) is 33.8 Å². The van der Waals surface area contributed by atoms with Crippen molar-refractivity contribution < 1.29 is 0 Å². The molecule has 0 atom stereocenters. The van der Waals surface area contributed by atoms with Gasteiger partial charge < -0.3 is 0 Å². The Kier molecular flexibility index (Phi) is 7.35. The quantitative estimate of drug-likeness (QED) is 0.177. The van der Waals surface area contributed by atoms with Crippen molar-refractivity contribution in [1.82, 2.24) is 19.9 Å². The Morgan fingerprint density at radius 1 is 0.393 bits per heavy atom. The zero-order chi connectivity index (χ0) is 37.4. The summed E-state index contributed by atoms with van der Waals surface area (Å²) in [4.78, 5) is 20.8. The Morgan fingerprint density at radius 3 is 1.79 bits per heavy atom. The molecule has 0 fully saturated rings. The maximum absolute atomic E-state index is 5.23. The first kappa shape index (κ1) is 32.6. The largest absolute Gasteiger partial charge is 0.244 e. The minimum Gasteiger partial charge on any atom is -0.244 e. The lowest BCUT2D eigenvalue weighted by Gasteiger charge is -2.22. The molecule has 0 bridgehead atoms. The van der Waals surface area contributed by atoms with Crippen LogP contribution in [-0.4, -0.2) is 19.9 Å². The van der Waals surface area contributed by atoms with Crippen LogP contribution in [0.4, 0.5) is 0 Å². The summed E-state index contributed by atoms with van der Waals surface area (Å²) in [5, 5.41) is 2.51. The van der Waals surface area contributed by atoms with Gasteiger partial charge in [0.1, 0.15) is 0 Å². The van der Waals surface area contributed by atoms with Crippen molar-refractivity contribution >= 4 is 42.5 Å². The lowest BCUT2D eigenvalue weighted by Crippen LogP contribution is -2.14. The van der Waals surface area contributed by atoms with E-state index >= 15 is 0 Å². The number of aromatic nitrogens is 4. The lowest BCUT2D eigenvalue weighted by atomic mass is 9.82. The Bertz CT molecular complexity index is 3160. The molecule has 0 spiro atoms. The molecule has 10 aromatic rings. The molecule has 0 saturated heterocycles. The molecule has 1 aliphatic carbocycles. The summed E-state index contributed by atoms with van der Waals surface area (Å²) >= 11 is 1.82. The molecule has 0 aliphatic heterocycles. The Balaban J connectivity index is 1.03. The SMILES string of the molecule is CC1(C)c2ccccc2-c2ccc(-c3cc(-c4ccc(-c5nc6ccccc6nc5-c5ccc6sc7ccccc7c6c5)cc4)nc(-c4ccccc4)n3)cc21. The van der Waals surface area contributed by atoms with Crippen LogP contribution in [0.3, 0.4) is 0 Å². The molecule has 4 nitrogen and oxygen atoms in total. The van der Waals surface area contributed by atoms with E-state index in [2.05, 4.69) is 141 Å². The normalized spacial score (nSPS) is 13.0. The number of hydrogen-bond donors (Lipinski definition) is 0. The molecule has 11 rings (SSSR count). The molecule has 56 heavy (non-hydrogen) atoms. The molecule has 0 amide bonds. The van der Waals surface area contributed by atoms with Gasteiger partial charge in [-0.05, 0) is 64.7 Å². The highest BCUT2D eigenvalue weighted by Gasteiger charge is 2.35. The molecule has 1 aliphatic rings. The van der Waals surface area contributed by atoms with Crippen LogP contribution in [0, 0.1) is 0 Å². The van der Waals surface area contributed by atoms with E-state index in [9.17, 15) is 0 Å². The van der Waals surface area contributed by atoms with Crippen molar-refractivity contribution in [3.05, 3.63) is 181 Å². The second kappa shape index (κ2) is 12.6. The van der Waals surface area contributed by atoms with Gasteiger partial charge in [-0.3, -0.25) is 0 Å². The second-order valence-corrected chi connectivity index (χ2v) is 16.1. The second-order valence-electron chi connectivity index (χ2n) is 15.1. The van der Waals surface area contributed by atoms with E-state index in [0.717, 1.165) is 61.6 Å². The van der Waals surface area contributed by atoms with Crippen molar-refractivity contribution in [2.45, 2.75) is 19.3 Å².